The Bertz CT molecular complexity index is 1170. The van der Waals surface area contributed by atoms with Crippen LogP contribution in [0, 0.1) is 13.8 Å². The first-order valence-electron chi connectivity index (χ1n) is 11.9. The van der Waals surface area contributed by atoms with E-state index in [1.807, 2.05) is 56.3 Å². The number of hydrogen-bond acceptors (Lipinski definition) is 7. The molecule has 2 amide bonds. The fourth-order valence-electron chi connectivity index (χ4n) is 3.99. The number of hydrogen-bond donors (Lipinski definition) is 2. The summed E-state index contributed by atoms with van der Waals surface area (Å²) in [5.41, 5.74) is 5.12. The van der Waals surface area contributed by atoms with Gasteiger partial charge in [0.05, 0.1) is 13.1 Å². The van der Waals surface area contributed by atoms with Crippen LogP contribution in [0.15, 0.2) is 42.5 Å². The zero-order valence-electron chi connectivity index (χ0n) is 20.5. The number of piperazine rings is 1. The summed E-state index contributed by atoms with van der Waals surface area (Å²) in [5, 5.41) is 15.4. The Morgan fingerprint density at radius 1 is 0.943 bits per heavy atom. The second-order valence-corrected chi connectivity index (χ2v) is 9.92. The molecule has 4 rings (SSSR count). The van der Waals surface area contributed by atoms with E-state index in [0.29, 0.717) is 18.1 Å². The number of amides is 2. The Kier molecular flexibility index (Phi) is 8.22. The van der Waals surface area contributed by atoms with Crippen molar-refractivity contribution in [2.75, 3.05) is 43.4 Å². The van der Waals surface area contributed by atoms with Crippen molar-refractivity contribution >= 4 is 34.5 Å². The van der Waals surface area contributed by atoms with E-state index in [-0.39, 0.29) is 11.8 Å². The molecule has 1 aromatic heterocycles. The van der Waals surface area contributed by atoms with E-state index in [9.17, 15) is 9.59 Å². The molecule has 8 nitrogen and oxygen atoms in total. The van der Waals surface area contributed by atoms with E-state index in [4.69, 9.17) is 0 Å². The largest absolute Gasteiger partial charge is 0.325 e. The maximum absolute atomic E-state index is 12.5. The minimum Gasteiger partial charge on any atom is -0.325 e. The second kappa shape index (κ2) is 11.5. The number of aryl methyl sites for hydroxylation is 2. The van der Waals surface area contributed by atoms with Crippen LogP contribution in [0.2, 0.25) is 0 Å². The molecule has 2 aromatic carbocycles. The van der Waals surface area contributed by atoms with Crippen LogP contribution in [0.25, 0.3) is 0 Å². The van der Waals surface area contributed by atoms with E-state index in [1.54, 1.807) is 0 Å². The summed E-state index contributed by atoms with van der Waals surface area (Å²) in [7, 11) is 0. The van der Waals surface area contributed by atoms with Gasteiger partial charge in [-0.15, -0.1) is 10.2 Å². The fraction of sp³-hybridized carbons (Fsp3) is 0.385. The number of anilines is 2. The summed E-state index contributed by atoms with van der Waals surface area (Å²) in [4.78, 5) is 29.5. The van der Waals surface area contributed by atoms with E-state index in [1.165, 1.54) is 22.5 Å². The summed E-state index contributed by atoms with van der Waals surface area (Å²) < 4.78 is 0. The lowest BCUT2D eigenvalue weighted by Crippen LogP contribution is -2.48. The van der Waals surface area contributed by atoms with Crippen LogP contribution < -0.4 is 10.6 Å². The molecule has 1 aliphatic heterocycles. The highest BCUT2D eigenvalue weighted by Crippen LogP contribution is 2.19. The molecule has 184 valence electrons. The standard InChI is InChI=1S/C26H32N6O2S/c1-4-20-8-10-21(11-9-20)27-25(34)26-30-29-24(35-26)17-32-14-12-31(13-15-32)16-23(33)28-22-7-5-6-18(2)19(22)3/h5-11H,4,12-17H2,1-3H3,(H,27,34)(H,28,33). The maximum atomic E-state index is 12.5. The molecule has 2 N–H and O–H groups in total. The van der Waals surface area contributed by atoms with Crippen molar-refractivity contribution in [1.29, 1.82) is 0 Å². The van der Waals surface area contributed by atoms with E-state index >= 15 is 0 Å². The van der Waals surface area contributed by atoms with Gasteiger partial charge in [0.25, 0.3) is 5.91 Å². The highest BCUT2D eigenvalue weighted by molar-refractivity contribution is 7.13. The molecule has 0 radical (unpaired) electrons. The van der Waals surface area contributed by atoms with Gasteiger partial charge in [0, 0.05) is 37.6 Å². The van der Waals surface area contributed by atoms with Crippen molar-refractivity contribution in [3.63, 3.8) is 0 Å². The van der Waals surface area contributed by atoms with Crippen molar-refractivity contribution in [1.82, 2.24) is 20.0 Å². The molecule has 0 spiro atoms. The van der Waals surface area contributed by atoms with Crippen LogP contribution >= 0.6 is 11.3 Å². The third kappa shape index (κ3) is 6.72. The van der Waals surface area contributed by atoms with Crippen LogP contribution in [0.1, 0.15) is 38.4 Å². The monoisotopic (exact) mass is 492 g/mol. The number of aromatic nitrogens is 2. The van der Waals surface area contributed by atoms with Crippen molar-refractivity contribution in [2.24, 2.45) is 0 Å². The highest BCUT2D eigenvalue weighted by atomic mass is 32.1. The minimum atomic E-state index is -0.238. The molecule has 1 fully saturated rings. The Morgan fingerprint density at radius 3 is 2.37 bits per heavy atom. The van der Waals surface area contributed by atoms with E-state index in [2.05, 4.69) is 37.6 Å². The van der Waals surface area contributed by atoms with Gasteiger partial charge in [-0.2, -0.15) is 0 Å². The molecular weight excluding hydrogens is 460 g/mol. The van der Waals surface area contributed by atoms with Crippen molar-refractivity contribution in [3.05, 3.63) is 69.2 Å². The summed E-state index contributed by atoms with van der Waals surface area (Å²) >= 11 is 1.32. The van der Waals surface area contributed by atoms with Crippen molar-refractivity contribution in [2.45, 2.75) is 33.7 Å². The third-order valence-corrected chi connectivity index (χ3v) is 7.26. The first-order valence-corrected chi connectivity index (χ1v) is 12.8. The van der Waals surface area contributed by atoms with Gasteiger partial charge in [0.1, 0.15) is 5.01 Å². The smallest absolute Gasteiger partial charge is 0.286 e. The molecule has 3 aromatic rings. The Balaban J connectivity index is 1.22. The SMILES string of the molecule is CCc1ccc(NC(=O)c2nnc(CN3CCN(CC(=O)Nc4cccc(C)c4C)CC3)s2)cc1. The maximum Gasteiger partial charge on any atom is 0.286 e. The highest BCUT2D eigenvalue weighted by Gasteiger charge is 2.21. The average Bonchev–Trinajstić information content (AvgIpc) is 3.32. The van der Waals surface area contributed by atoms with Gasteiger partial charge in [-0.1, -0.05) is 42.5 Å². The third-order valence-electron chi connectivity index (χ3n) is 6.35. The normalized spacial score (nSPS) is 14.6. The molecule has 0 atom stereocenters. The first kappa shape index (κ1) is 25.0. The molecule has 1 saturated heterocycles. The molecule has 0 saturated carbocycles. The van der Waals surface area contributed by atoms with Crippen LogP contribution in [-0.4, -0.2) is 64.5 Å². The van der Waals surface area contributed by atoms with Crippen molar-refractivity contribution < 1.29 is 9.59 Å². The number of nitrogens with zero attached hydrogens (tertiary/aromatic N) is 4. The van der Waals surface area contributed by atoms with Gasteiger partial charge >= 0.3 is 0 Å². The van der Waals surface area contributed by atoms with Gasteiger partial charge < -0.3 is 10.6 Å². The zero-order chi connectivity index (χ0) is 24.8. The lowest BCUT2D eigenvalue weighted by atomic mass is 10.1. The number of rotatable bonds is 8. The summed E-state index contributed by atoms with van der Waals surface area (Å²) in [6.07, 6.45) is 0.961. The molecule has 9 heteroatoms. The number of benzene rings is 2. The lowest BCUT2D eigenvalue weighted by Gasteiger charge is -2.33. The van der Waals surface area contributed by atoms with Crippen LogP contribution in [0.3, 0.4) is 0 Å². The predicted octanol–water partition coefficient (Wildman–Crippen LogP) is 3.73. The van der Waals surface area contributed by atoms with Gasteiger partial charge in [-0.25, -0.2) is 0 Å². The molecular formula is C26H32N6O2S. The minimum absolute atomic E-state index is 0.0104. The lowest BCUT2D eigenvalue weighted by molar-refractivity contribution is -0.117. The van der Waals surface area contributed by atoms with E-state index < -0.39 is 0 Å². The first-order chi connectivity index (χ1) is 16.9. The topological polar surface area (TPSA) is 90.5 Å². The van der Waals surface area contributed by atoms with Gasteiger partial charge in [-0.3, -0.25) is 19.4 Å². The Hall–Kier alpha value is -3.14. The summed E-state index contributed by atoms with van der Waals surface area (Å²) in [5.74, 6) is -0.228. The number of nitrogens with one attached hydrogen (secondary N) is 2. The Labute approximate surface area is 210 Å². The molecule has 1 aliphatic rings. The summed E-state index contributed by atoms with van der Waals surface area (Å²) in [6, 6.07) is 13.8. The van der Waals surface area contributed by atoms with Crippen LogP contribution in [-0.2, 0) is 17.8 Å². The fourth-order valence-corrected chi connectivity index (χ4v) is 4.77. The van der Waals surface area contributed by atoms with Crippen LogP contribution in [0.4, 0.5) is 11.4 Å². The van der Waals surface area contributed by atoms with Gasteiger partial charge in [0.2, 0.25) is 10.9 Å². The average molecular weight is 493 g/mol. The quantitative estimate of drug-likeness (QED) is 0.498. The van der Waals surface area contributed by atoms with Crippen LogP contribution in [0.5, 0.6) is 0 Å². The number of carbonyl (C=O) groups is 2. The van der Waals surface area contributed by atoms with Gasteiger partial charge in [0.15, 0.2) is 0 Å². The predicted molar refractivity (Wildman–Crippen MR) is 140 cm³/mol. The second-order valence-electron chi connectivity index (χ2n) is 8.85. The summed E-state index contributed by atoms with van der Waals surface area (Å²) in [6.45, 7) is 10.5. The van der Waals surface area contributed by atoms with Crippen molar-refractivity contribution in [3.8, 4) is 0 Å². The van der Waals surface area contributed by atoms with E-state index in [0.717, 1.165) is 54.5 Å². The zero-order valence-corrected chi connectivity index (χ0v) is 21.3. The molecule has 2 heterocycles. The number of carbonyl (C=O) groups excluding carboxylic acids is 2. The molecule has 35 heavy (non-hydrogen) atoms. The molecule has 0 unspecified atom stereocenters. The molecule has 0 bridgehead atoms. The Morgan fingerprint density at radius 2 is 1.66 bits per heavy atom. The molecule has 0 aliphatic carbocycles. The van der Waals surface area contributed by atoms with Gasteiger partial charge in [-0.05, 0) is 55.2 Å².